The second kappa shape index (κ2) is 5.13. The average Bonchev–Trinajstić information content (AvgIpc) is 2.75. The lowest BCUT2D eigenvalue weighted by atomic mass is 10.1. The summed E-state index contributed by atoms with van der Waals surface area (Å²) in [5, 5.41) is 18.4. The molecule has 0 fully saturated rings. The predicted molar refractivity (Wildman–Crippen MR) is 66.9 cm³/mol. The largest absolute Gasteiger partial charge is 0.313 e. The second-order valence-electron chi connectivity index (χ2n) is 4.66. The van der Waals surface area contributed by atoms with E-state index in [2.05, 4.69) is 10.2 Å². The van der Waals surface area contributed by atoms with Crippen LogP contribution in [0.4, 0.5) is 10.1 Å². The Hall–Kier alpha value is -2.31. The number of rotatable bonds is 4. The summed E-state index contributed by atoms with van der Waals surface area (Å²) in [6.45, 7) is 4.71. The van der Waals surface area contributed by atoms with E-state index in [0.717, 1.165) is 6.07 Å². The molecule has 1 aromatic carbocycles. The van der Waals surface area contributed by atoms with Gasteiger partial charge in [0, 0.05) is 18.2 Å². The molecular formula is C12H13FN4O2. The predicted octanol–water partition coefficient (Wildman–Crippen LogP) is 2.65. The van der Waals surface area contributed by atoms with Crippen molar-refractivity contribution >= 4 is 5.69 Å². The van der Waals surface area contributed by atoms with Crippen LogP contribution in [0.3, 0.4) is 0 Å². The van der Waals surface area contributed by atoms with Gasteiger partial charge in [-0.05, 0) is 12.0 Å². The second-order valence-corrected chi connectivity index (χ2v) is 4.66. The minimum Gasteiger partial charge on any atom is -0.313 e. The summed E-state index contributed by atoms with van der Waals surface area (Å²) >= 11 is 0. The molecule has 0 saturated carbocycles. The van der Waals surface area contributed by atoms with Crippen LogP contribution in [-0.4, -0.2) is 19.7 Å². The maximum Gasteiger partial charge on any atom is 0.273 e. The molecule has 1 heterocycles. The van der Waals surface area contributed by atoms with Gasteiger partial charge in [0.1, 0.15) is 12.1 Å². The van der Waals surface area contributed by atoms with Crippen LogP contribution in [0.2, 0.25) is 0 Å². The first-order valence-electron chi connectivity index (χ1n) is 5.80. The minimum atomic E-state index is -0.664. The van der Waals surface area contributed by atoms with Crippen molar-refractivity contribution in [1.82, 2.24) is 14.8 Å². The normalized spacial score (nSPS) is 10.9. The molecule has 6 nitrogen and oxygen atoms in total. The molecule has 7 heteroatoms. The number of nitro benzene ring substituents is 1. The molecule has 0 aliphatic heterocycles. The van der Waals surface area contributed by atoms with Crippen LogP contribution in [0, 0.1) is 21.8 Å². The Bertz CT molecular complexity index is 610. The molecule has 2 rings (SSSR count). The van der Waals surface area contributed by atoms with Crippen LogP contribution >= 0.6 is 0 Å². The highest BCUT2D eigenvalue weighted by Gasteiger charge is 2.15. The SMILES string of the molecule is CC(C)Cn1cnnc1-c1cc(F)cc([N+](=O)[O-])c1. The number of hydrogen-bond acceptors (Lipinski definition) is 4. The first-order chi connectivity index (χ1) is 8.97. The van der Waals surface area contributed by atoms with Gasteiger partial charge < -0.3 is 4.57 Å². The van der Waals surface area contributed by atoms with Crippen LogP contribution in [-0.2, 0) is 6.54 Å². The van der Waals surface area contributed by atoms with Gasteiger partial charge in [0.2, 0.25) is 0 Å². The van der Waals surface area contributed by atoms with E-state index in [1.165, 1.54) is 18.5 Å². The van der Waals surface area contributed by atoms with Crippen molar-refractivity contribution in [3.63, 3.8) is 0 Å². The van der Waals surface area contributed by atoms with Gasteiger partial charge >= 0.3 is 0 Å². The lowest BCUT2D eigenvalue weighted by Gasteiger charge is -2.09. The van der Waals surface area contributed by atoms with Crippen molar-refractivity contribution in [1.29, 1.82) is 0 Å². The summed E-state index contributed by atoms with van der Waals surface area (Å²) < 4.78 is 15.2. The number of aromatic nitrogens is 3. The van der Waals surface area contributed by atoms with Crippen molar-refractivity contribution in [2.75, 3.05) is 0 Å². The minimum absolute atomic E-state index is 0.297. The number of nitrogens with zero attached hydrogens (tertiary/aromatic N) is 4. The van der Waals surface area contributed by atoms with Crippen LogP contribution in [0.15, 0.2) is 24.5 Å². The van der Waals surface area contributed by atoms with E-state index in [0.29, 0.717) is 23.9 Å². The fourth-order valence-electron chi connectivity index (χ4n) is 1.81. The standard InChI is InChI=1S/C12H13FN4O2/c1-8(2)6-16-7-14-15-12(16)9-3-10(13)5-11(4-9)17(18)19/h3-5,7-8H,6H2,1-2H3. The van der Waals surface area contributed by atoms with Crippen molar-refractivity contribution in [2.24, 2.45) is 5.92 Å². The number of benzene rings is 1. The molecule has 19 heavy (non-hydrogen) atoms. The zero-order valence-electron chi connectivity index (χ0n) is 10.6. The van der Waals surface area contributed by atoms with Crippen molar-refractivity contribution in [3.8, 4) is 11.4 Å². The fraction of sp³-hybridized carbons (Fsp3) is 0.333. The van der Waals surface area contributed by atoms with E-state index < -0.39 is 10.7 Å². The summed E-state index contributed by atoms with van der Waals surface area (Å²) in [7, 11) is 0. The van der Waals surface area contributed by atoms with Gasteiger partial charge in [-0.1, -0.05) is 13.8 Å². The van der Waals surface area contributed by atoms with Crippen molar-refractivity contribution in [3.05, 3.63) is 40.5 Å². The van der Waals surface area contributed by atoms with Crippen LogP contribution < -0.4 is 0 Å². The molecule has 0 saturated heterocycles. The van der Waals surface area contributed by atoms with Crippen LogP contribution in [0.5, 0.6) is 0 Å². The molecular weight excluding hydrogens is 251 g/mol. The third-order valence-electron chi connectivity index (χ3n) is 2.53. The van der Waals surface area contributed by atoms with Gasteiger partial charge in [0.05, 0.1) is 11.0 Å². The molecule has 0 bridgehead atoms. The van der Waals surface area contributed by atoms with Gasteiger partial charge in [-0.2, -0.15) is 0 Å². The zero-order valence-corrected chi connectivity index (χ0v) is 10.6. The van der Waals surface area contributed by atoms with E-state index in [4.69, 9.17) is 0 Å². The van der Waals surface area contributed by atoms with E-state index in [9.17, 15) is 14.5 Å². The summed E-state index contributed by atoms with van der Waals surface area (Å²) in [6, 6.07) is 3.39. The summed E-state index contributed by atoms with van der Waals surface area (Å²) in [4.78, 5) is 10.1. The van der Waals surface area contributed by atoms with Gasteiger partial charge in [-0.3, -0.25) is 10.1 Å². The number of nitro groups is 1. The first kappa shape index (κ1) is 13.1. The average molecular weight is 264 g/mol. The summed E-state index contributed by atoms with van der Waals surface area (Å²) in [5.41, 5.74) is 0.0546. The van der Waals surface area contributed by atoms with Crippen LogP contribution in [0.25, 0.3) is 11.4 Å². The molecule has 0 spiro atoms. The highest BCUT2D eigenvalue weighted by Crippen LogP contribution is 2.24. The molecule has 0 aliphatic rings. The highest BCUT2D eigenvalue weighted by atomic mass is 19.1. The van der Waals surface area contributed by atoms with E-state index in [1.807, 2.05) is 13.8 Å². The van der Waals surface area contributed by atoms with E-state index >= 15 is 0 Å². The lowest BCUT2D eigenvalue weighted by molar-refractivity contribution is -0.385. The maximum absolute atomic E-state index is 13.4. The van der Waals surface area contributed by atoms with Crippen molar-refractivity contribution in [2.45, 2.75) is 20.4 Å². The Morgan fingerprint density at radius 3 is 2.79 bits per heavy atom. The van der Waals surface area contributed by atoms with E-state index in [1.54, 1.807) is 4.57 Å². The Morgan fingerprint density at radius 1 is 1.42 bits per heavy atom. The lowest BCUT2D eigenvalue weighted by Crippen LogP contribution is -2.05. The number of hydrogen-bond donors (Lipinski definition) is 0. The fourth-order valence-corrected chi connectivity index (χ4v) is 1.81. The smallest absolute Gasteiger partial charge is 0.273 e. The molecule has 2 aromatic rings. The summed E-state index contributed by atoms with van der Waals surface area (Å²) in [5.74, 6) is 0.123. The Morgan fingerprint density at radius 2 is 2.16 bits per heavy atom. The summed E-state index contributed by atoms with van der Waals surface area (Å²) in [6.07, 6.45) is 1.53. The van der Waals surface area contributed by atoms with Crippen LogP contribution in [0.1, 0.15) is 13.8 Å². The maximum atomic E-state index is 13.4. The van der Waals surface area contributed by atoms with Crippen molar-refractivity contribution < 1.29 is 9.31 Å². The molecule has 0 atom stereocenters. The molecule has 0 radical (unpaired) electrons. The van der Waals surface area contributed by atoms with Gasteiger partial charge in [-0.15, -0.1) is 10.2 Å². The van der Waals surface area contributed by atoms with Gasteiger partial charge in [-0.25, -0.2) is 4.39 Å². The molecule has 0 aliphatic carbocycles. The number of non-ortho nitro benzene ring substituents is 1. The first-order valence-corrected chi connectivity index (χ1v) is 5.80. The third kappa shape index (κ3) is 2.93. The topological polar surface area (TPSA) is 73.8 Å². The molecule has 100 valence electrons. The van der Waals surface area contributed by atoms with Gasteiger partial charge in [0.15, 0.2) is 5.82 Å². The monoisotopic (exact) mass is 264 g/mol. The van der Waals surface area contributed by atoms with Gasteiger partial charge in [0.25, 0.3) is 5.69 Å². The molecule has 0 amide bonds. The van der Waals surface area contributed by atoms with E-state index in [-0.39, 0.29) is 5.69 Å². The number of halogens is 1. The Kier molecular flexibility index (Phi) is 3.55. The Labute approximate surface area is 109 Å². The molecule has 0 unspecified atom stereocenters. The highest BCUT2D eigenvalue weighted by molar-refractivity contribution is 5.59. The quantitative estimate of drug-likeness (QED) is 0.628. The third-order valence-corrected chi connectivity index (χ3v) is 2.53. The molecule has 1 aromatic heterocycles. The zero-order chi connectivity index (χ0) is 14.0. The molecule has 0 N–H and O–H groups in total. The Balaban J connectivity index is 2.47.